The maximum atomic E-state index is 12.1. The summed E-state index contributed by atoms with van der Waals surface area (Å²) in [5.41, 5.74) is 2.64. The van der Waals surface area contributed by atoms with Gasteiger partial charge in [-0.3, -0.25) is 4.79 Å². The SMILES string of the molecule is CCCCCCCCc1ccc(NC(=O)c2ccc(O)cc2)cc1. The van der Waals surface area contributed by atoms with Gasteiger partial charge in [0.15, 0.2) is 0 Å². The first kappa shape index (κ1) is 18.1. The summed E-state index contributed by atoms with van der Waals surface area (Å²) in [6.45, 7) is 2.24. The van der Waals surface area contributed by atoms with Gasteiger partial charge in [-0.05, 0) is 54.8 Å². The Bertz CT molecular complexity index is 617. The number of unbranched alkanes of at least 4 members (excludes halogenated alkanes) is 5. The first-order valence-corrected chi connectivity index (χ1v) is 8.88. The van der Waals surface area contributed by atoms with Crippen molar-refractivity contribution in [1.82, 2.24) is 0 Å². The molecule has 0 radical (unpaired) electrons. The number of anilines is 1. The fraction of sp³-hybridized carbons (Fsp3) is 0.381. The molecule has 2 aromatic carbocycles. The minimum atomic E-state index is -0.168. The second kappa shape index (κ2) is 9.76. The summed E-state index contributed by atoms with van der Waals surface area (Å²) in [4.78, 5) is 12.1. The molecule has 128 valence electrons. The molecule has 0 saturated heterocycles. The van der Waals surface area contributed by atoms with E-state index in [0.717, 1.165) is 12.1 Å². The molecule has 0 aliphatic carbocycles. The number of hydrogen-bond donors (Lipinski definition) is 2. The number of carbonyl (C=O) groups excluding carboxylic acids is 1. The predicted molar refractivity (Wildman–Crippen MR) is 99.6 cm³/mol. The van der Waals surface area contributed by atoms with E-state index in [1.54, 1.807) is 12.1 Å². The molecule has 0 aromatic heterocycles. The van der Waals surface area contributed by atoms with E-state index in [9.17, 15) is 9.90 Å². The van der Waals surface area contributed by atoms with Gasteiger partial charge in [0.05, 0.1) is 0 Å². The maximum absolute atomic E-state index is 12.1. The summed E-state index contributed by atoms with van der Waals surface area (Å²) >= 11 is 0. The first-order chi connectivity index (χ1) is 11.7. The lowest BCUT2D eigenvalue weighted by Crippen LogP contribution is -2.11. The van der Waals surface area contributed by atoms with Crippen molar-refractivity contribution in [1.29, 1.82) is 0 Å². The molecule has 0 bridgehead atoms. The number of carbonyl (C=O) groups is 1. The van der Waals surface area contributed by atoms with Crippen LogP contribution in [0.15, 0.2) is 48.5 Å². The molecule has 2 aromatic rings. The lowest BCUT2D eigenvalue weighted by atomic mass is 10.0. The summed E-state index contributed by atoms with van der Waals surface area (Å²) in [7, 11) is 0. The van der Waals surface area contributed by atoms with Crippen molar-refractivity contribution in [3.05, 3.63) is 59.7 Å². The maximum Gasteiger partial charge on any atom is 0.255 e. The van der Waals surface area contributed by atoms with Gasteiger partial charge in [0.25, 0.3) is 5.91 Å². The second-order valence-electron chi connectivity index (χ2n) is 6.22. The molecule has 0 saturated carbocycles. The average molecular weight is 325 g/mol. The molecule has 0 fully saturated rings. The van der Waals surface area contributed by atoms with E-state index >= 15 is 0 Å². The third kappa shape index (κ3) is 6.07. The molecule has 0 aliphatic rings. The number of aryl methyl sites for hydroxylation is 1. The molecule has 0 spiro atoms. The lowest BCUT2D eigenvalue weighted by molar-refractivity contribution is 0.102. The van der Waals surface area contributed by atoms with Gasteiger partial charge in [0.2, 0.25) is 0 Å². The minimum Gasteiger partial charge on any atom is -0.508 e. The molecule has 0 heterocycles. The van der Waals surface area contributed by atoms with Crippen molar-refractivity contribution in [2.75, 3.05) is 5.32 Å². The number of rotatable bonds is 9. The molecule has 0 aliphatic heterocycles. The van der Waals surface area contributed by atoms with Gasteiger partial charge >= 0.3 is 0 Å². The minimum absolute atomic E-state index is 0.158. The largest absolute Gasteiger partial charge is 0.508 e. The van der Waals surface area contributed by atoms with Crippen LogP contribution in [0.1, 0.15) is 61.4 Å². The third-order valence-electron chi connectivity index (χ3n) is 4.16. The van der Waals surface area contributed by atoms with Crippen molar-refractivity contribution in [3.63, 3.8) is 0 Å². The molecule has 0 unspecified atom stereocenters. The highest BCUT2D eigenvalue weighted by atomic mass is 16.3. The number of phenolic OH excluding ortho intramolecular Hbond substituents is 1. The van der Waals surface area contributed by atoms with Crippen LogP contribution in [-0.2, 0) is 6.42 Å². The van der Waals surface area contributed by atoms with Gasteiger partial charge in [0, 0.05) is 11.3 Å². The number of nitrogens with one attached hydrogen (secondary N) is 1. The Kier molecular flexibility index (Phi) is 7.34. The Morgan fingerprint density at radius 2 is 1.50 bits per heavy atom. The van der Waals surface area contributed by atoms with E-state index in [2.05, 4.69) is 24.4 Å². The average Bonchev–Trinajstić information content (AvgIpc) is 2.60. The highest BCUT2D eigenvalue weighted by molar-refractivity contribution is 6.04. The number of aromatic hydroxyl groups is 1. The molecule has 2 rings (SSSR count). The Labute approximate surface area is 144 Å². The molecule has 0 atom stereocenters. The van der Waals surface area contributed by atoms with Crippen LogP contribution >= 0.6 is 0 Å². The first-order valence-electron chi connectivity index (χ1n) is 8.88. The number of phenols is 1. The summed E-state index contributed by atoms with van der Waals surface area (Å²) in [5.74, 6) is -0.00993. The van der Waals surface area contributed by atoms with E-state index in [1.807, 2.05) is 12.1 Å². The van der Waals surface area contributed by atoms with Crippen LogP contribution in [0.4, 0.5) is 5.69 Å². The Morgan fingerprint density at radius 1 is 0.875 bits per heavy atom. The predicted octanol–water partition coefficient (Wildman–Crippen LogP) is 5.55. The van der Waals surface area contributed by atoms with Gasteiger partial charge in [-0.2, -0.15) is 0 Å². The van der Waals surface area contributed by atoms with Crippen LogP contribution in [0, 0.1) is 0 Å². The quantitative estimate of drug-likeness (QED) is 0.594. The van der Waals surface area contributed by atoms with Gasteiger partial charge in [-0.15, -0.1) is 0 Å². The molecule has 24 heavy (non-hydrogen) atoms. The molecule has 3 heteroatoms. The topological polar surface area (TPSA) is 49.3 Å². The van der Waals surface area contributed by atoms with Crippen LogP contribution in [-0.4, -0.2) is 11.0 Å². The van der Waals surface area contributed by atoms with E-state index in [-0.39, 0.29) is 11.7 Å². The highest BCUT2D eigenvalue weighted by Gasteiger charge is 2.05. The smallest absolute Gasteiger partial charge is 0.255 e. The zero-order chi connectivity index (χ0) is 17.2. The summed E-state index contributed by atoms with van der Waals surface area (Å²) in [6.07, 6.45) is 8.92. The number of amides is 1. The number of hydrogen-bond acceptors (Lipinski definition) is 2. The normalized spacial score (nSPS) is 10.5. The van der Waals surface area contributed by atoms with Crippen LogP contribution in [0.3, 0.4) is 0 Å². The van der Waals surface area contributed by atoms with Gasteiger partial charge in [0.1, 0.15) is 5.75 Å². The van der Waals surface area contributed by atoms with Crippen molar-refractivity contribution < 1.29 is 9.90 Å². The summed E-state index contributed by atoms with van der Waals surface area (Å²) < 4.78 is 0. The Balaban J connectivity index is 1.77. The molecule has 1 amide bonds. The van der Waals surface area contributed by atoms with E-state index in [1.165, 1.54) is 56.2 Å². The Morgan fingerprint density at radius 3 is 2.17 bits per heavy atom. The Hall–Kier alpha value is -2.29. The highest BCUT2D eigenvalue weighted by Crippen LogP contribution is 2.15. The number of benzene rings is 2. The second-order valence-corrected chi connectivity index (χ2v) is 6.22. The monoisotopic (exact) mass is 325 g/mol. The van der Waals surface area contributed by atoms with Crippen LogP contribution in [0.5, 0.6) is 5.75 Å². The zero-order valence-corrected chi connectivity index (χ0v) is 14.4. The van der Waals surface area contributed by atoms with Crippen molar-refractivity contribution >= 4 is 11.6 Å². The molecule has 2 N–H and O–H groups in total. The van der Waals surface area contributed by atoms with E-state index < -0.39 is 0 Å². The fourth-order valence-corrected chi connectivity index (χ4v) is 2.68. The molecular formula is C21H27NO2. The van der Waals surface area contributed by atoms with Crippen molar-refractivity contribution in [3.8, 4) is 5.75 Å². The zero-order valence-electron chi connectivity index (χ0n) is 14.4. The fourth-order valence-electron chi connectivity index (χ4n) is 2.68. The van der Waals surface area contributed by atoms with Crippen LogP contribution < -0.4 is 5.32 Å². The molecule has 3 nitrogen and oxygen atoms in total. The van der Waals surface area contributed by atoms with Crippen LogP contribution in [0.2, 0.25) is 0 Å². The lowest BCUT2D eigenvalue weighted by Gasteiger charge is -2.07. The van der Waals surface area contributed by atoms with Gasteiger partial charge in [-0.25, -0.2) is 0 Å². The van der Waals surface area contributed by atoms with Gasteiger partial charge < -0.3 is 10.4 Å². The molecular weight excluding hydrogens is 298 g/mol. The van der Waals surface area contributed by atoms with Crippen molar-refractivity contribution in [2.24, 2.45) is 0 Å². The summed E-state index contributed by atoms with van der Waals surface area (Å²) in [5, 5.41) is 12.1. The van der Waals surface area contributed by atoms with E-state index in [0.29, 0.717) is 5.56 Å². The van der Waals surface area contributed by atoms with Crippen molar-refractivity contribution in [2.45, 2.75) is 51.9 Å². The standard InChI is InChI=1S/C21H27NO2/c1-2-3-4-5-6-7-8-17-9-13-19(14-10-17)22-21(24)18-11-15-20(23)16-12-18/h9-16,23H,2-8H2,1H3,(H,22,24). The van der Waals surface area contributed by atoms with Gasteiger partial charge in [-0.1, -0.05) is 51.2 Å². The third-order valence-corrected chi connectivity index (χ3v) is 4.16. The van der Waals surface area contributed by atoms with Crippen LogP contribution in [0.25, 0.3) is 0 Å². The summed E-state index contributed by atoms with van der Waals surface area (Å²) in [6, 6.07) is 14.3. The van der Waals surface area contributed by atoms with E-state index in [4.69, 9.17) is 0 Å².